The Morgan fingerprint density at radius 3 is 1.51 bits per heavy atom. The summed E-state index contributed by atoms with van der Waals surface area (Å²) in [5, 5.41) is 0. The summed E-state index contributed by atoms with van der Waals surface area (Å²) in [5.41, 5.74) is 5.36. The summed E-state index contributed by atoms with van der Waals surface area (Å²) in [7, 11) is -4.27. The molecule has 0 fully saturated rings. The van der Waals surface area contributed by atoms with E-state index in [4.69, 9.17) is 24.3 Å². The Balaban J connectivity index is 3.92. The normalized spacial score (nSPS) is 13.6. The summed E-state index contributed by atoms with van der Waals surface area (Å²) >= 11 is 0. The first-order valence-corrected chi connectivity index (χ1v) is 23.2. The second-order valence-corrected chi connectivity index (χ2v) is 16.0. The second-order valence-electron chi connectivity index (χ2n) is 14.6. The van der Waals surface area contributed by atoms with Crippen LogP contribution < -0.4 is 5.73 Å². The molecule has 0 aliphatic rings. The third-order valence-electron chi connectivity index (χ3n) is 9.41. The quantitative estimate of drug-likeness (QED) is 0.0274. The zero-order chi connectivity index (χ0) is 37.4. The van der Waals surface area contributed by atoms with Crippen molar-refractivity contribution in [3.8, 4) is 0 Å². The van der Waals surface area contributed by atoms with Crippen molar-refractivity contribution in [3.63, 3.8) is 0 Å². The van der Waals surface area contributed by atoms with Crippen LogP contribution in [0.2, 0.25) is 0 Å². The van der Waals surface area contributed by atoms with E-state index in [9.17, 15) is 14.3 Å². The van der Waals surface area contributed by atoms with E-state index in [-0.39, 0.29) is 32.3 Å². The summed E-state index contributed by atoms with van der Waals surface area (Å²) in [6.07, 6.45) is 42.4. The molecule has 0 spiro atoms. The van der Waals surface area contributed by atoms with E-state index >= 15 is 0 Å². The molecule has 0 aromatic heterocycles. The van der Waals surface area contributed by atoms with Gasteiger partial charge in [-0.1, -0.05) is 187 Å². The van der Waals surface area contributed by atoms with E-state index in [1.165, 1.54) is 161 Å². The summed E-state index contributed by atoms with van der Waals surface area (Å²) in [6, 6.07) is 0. The summed E-state index contributed by atoms with van der Waals surface area (Å²) < 4.78 is 33.4. The fourth-order valence-corrected chi connectivity index (χ4v) is 7.00. The van der Waals surface area contributed by atoms with Gasteiger partial charge in [-0.15, -0.1) is 0 Å². The molecule has 2 atom stereocenters. The maximum atomic E-state index is 12.6. The molecule has 0 aromatic carbocycles. The molecule has 0 amide bonds. The van der Waals surface area contributed by atoms with E-state index in [1.807, 2.05) is 0 Å². The highest BCUT2D eigenvalue weighted by atomic mass is 31.2. The maximum Gasteiger partial charge on any atom is 0.472 e. The molecule has 0 bridgehead atoms. The van der Waals surface area contributed by atoms with Gasteiger partial charge in [0, 0.05) is 19.6 Å². The van der Waals surface area contributed by atoms with Gasteiger partial charge in [0.05, 0.1) is 19.8 Å². The Kier molecular flexibility index (Phi) is 39.8. The predicted molar refractivity (Wildman–Crippen MR) is 215 cm³/mol. The molecule has 0 saturated heterocycles. The van der Waals surface area contributed by atoms with Gasteiger partial charge in [-0.3, -0.25) is 13.8 Å². The number of carbonyl (C=O) groups is 1. The number of allylic oxidation sites excluding steroid dienone is 2. The molecule has 0 radical (unpaired) electrons. The van der Waals surface area contributed by atoms with Crippen molar-refractivity contribution in [2.24, 2.45) is 5.73 Å². The van der Waals surface area contributed by atoms with Crippen LogP contribution in [0.1, 0.15) is 213 Å². The van der Waals surface area contributed by atoms with Gasteiger partial charge in [-0.05, 0) is 32.1 Å². The fraction of sp³-hybridized carbons (Fsp3) is 0.929. The molecule has 0 heterocycles. The summed E-state index contributed by atoms with van der Waals surface area (Å²) in [5.74, 6) is -0.329. The van der Waals surface area contributed by atoms with Gasteiger partial charge in [-0.2, -0.15) is 0 Å². The van der Waals surface area contributed by atoms with Crippen molar-refractivity contribution >= 4 is 13.8 Å². The number of hydrogen-bond acceptors (Lipinski definition) is 7. The average molecular weight is 746 g/mol. The lowest BCUT2D eigenvalue weighted by Crippen LogP contribution is -2.28. The molecular weight excluding hydrogens is 661 g/mol. The van der Waals surface area contributed by atoms with Crippen LogP contribution in [0.5, 0.6) is 0 Å². The van der Waals surface area contributed by atoms with Crippen molar-refractivity contribution in [1.29, 1.82) is 0 Å². The molecule has 0 aromatic rings. The highest BCUT2D eigenvalue weighted by Gasteiger charge is 2.25. The second kappa shape index (κ2) is 40.4. The number of phosphoric acid groups is 1. The first-order valence-electron chi connectivity index (χ1n) is 21.7. The van der Waals surface area contributed by atoms with E-state index in [0.717, 1.165) is 32.1 Å². The van der Waals surface area contributed by atoms with Gasteiger partial charge in [0.2, 0.25) is 0 Å². The van der Waals surface area contributed by atoms with Crippen LogP contribution >= 0.6 is 7.82 Å². The smallest absolute Gasteiger partial charge is 0.457 e. The number of esters is 1. The molecule has 3 N–H and O–H groups in total. The topological polar surface area (TPSA) is 117 Å². The molecule has 51 heavy (non-hydrogen) atoms. The number of phosphoric ester groups is 1. The monoisotopic (exact) mass is 746 g/mol. The van der Waals surface area contributed by atoms with Crippen molar-refractivity contribution in [3.05, 3.63) is 12.2 Å². The lowest BCUT2D eigenvalue weighted by atomic mass is 10.0. The number of unbranched alkanes of at least 4 members (excludes halogenated alkanes) is 27. The minimum absolute atomic E-state index is 0.0935. The van der Waals surface area contributed by atoms with Crippen LogP contribution in [0, 0.1) is 0 Å². The first kappa shape index (κ1) is 50.2. The zero-order valence-electron chi connectivity index (χ0n) is 33.6. The third-order valence-corrected chi connectivity index (χ3v) is 10.4. The number of ether oxygens (including phenoxy) is 2. The molecule has 0 rings (SSSR count). The number of hydrogen-bond donors (Lipinski definition) is 2. The Labute approximate surface area is 315 Å². The number of rotatable bonds is 42. The van der Waals surface area contributed by atoms with Gasteiger partial charge in [0.25, 0.3) is 0 Å². The molecule has 0 aliphatic heterocycles. The van der Waals surface area contributed by atoms with Crippen LogP contribution in [0.4, 0.5) is 0 Å². The number of carbonyl (C=O) groups excluding carboxylic acids is 1. The van der Waals surface area contributed by atoms with Crippen LogP contribution in [0.3, 0.4) is 0 Å². The van der Waals surface area contributed by atoms with Crippen LogP contribution in [-0.4, -0.2) is 49.9 Å². The van der Waals surface area contributed by atoms with Crippen LogP contribution in [-0.2, 0) is 27.9 Å². The maximum absolute atomic E-state index is 12.6. The molecule has 0 saturated carbocycles. The Morgan fingerprint density at radius 1 is 0.569 bits per heavy atom. The first-order chi connectivity index (χ1) is 24.9. The summed E-state index contributed by atoms with van der Waals surface area (Å²) in [4.78, 5) is 22.4. The van der Waals surface area contributed by atoms with Gasteiger partial charge in [0.15, 0.2) is 0 Å². The zero-order valence-corrected chi connectivity index (χ0v) is 34.5. The minimum atomic E-state index is -4.27. The molecule has 9 heteroatoms. The molecule has 8 nitrogen and oxygen atoms in total. The van der Waals surface area contributed by atoms with E-state index in [2.05, 4.69) is 26.0 Å². The third kappa shape index (κ3) is 40.3. The largest absolute Gasteiger partial charge is 0.472 e. The number of nitrogens with two attached hydrogens (primary N) is 1. The van der Waals surface area contributed by atoms with Gasteiger partial charge >= 0.3 is 13.8 Å². The molecule has 2 unspecified atom stereocenters. The Hall–Kier alpha value is -0.760. The van der Waals surface area contributed by atoms with Gasteiger partial charge in [-0.25, -0.2) is 4.57 Å². The minimum Gasteiger partial charge on any atom is -0.457 e. The molecule has 304 valence electrons. The SMILES string of the molecule is CCC/C=C\CCCCCCCCOCC(COP(=O)(O)OCCN)OC(=O)CCCCCCCCCCCCCCCCCCCCCCC. The standard InChI is InChI=1S/C42H84NO7P/c1-3-5-7-9-11-13-15-16-17-18-19-20-21-22-23-24-25-27-29-31-33-35-42(44)50-41(40-49-51(45,46)48-38-36-43)39-47-37-34-32-30-28-26-14-12-10-8-6-4-2/h8,10,41H,3-7,9,11-40,43H2,1-2H3,(H,45,46)/b10-8-. The van der Waals surface area contributed by atoms with Crippen LogP contribution in [0.25, 0.3) is 0 Å². The fourth-order valence-electron chi connectivity index (χ4n) is 6.24. The van der Waals surface area contributed by atoms with Crippen LogP contribution in [0.15, 0.2) is 12.2 Å². The Morgan fingerprint density at radius 2 is 1.02 bits per heavy atom. The molecular formula is C42H84NO7P. The Bertz CT molecular complexity index is 797. The van der Waals surface area contributed by atoms with E-state index in [0.29, 0.717) is 13.0 Å². The van der Waals surface area contributed by atoms with Crippen molar-refractivity contribution < 1.29 is 32.8 Å². The predicted octanol–water partition coefficient (Wildman–Crippen LogP) is 12.7. The summed E-state index contributed by atoms with van der Waals surface area (Å²) in [6.45, 7) is 4.89. The highest BCUT2D eigenvalue weighted by molar-refractivity contribution is 7.47. The lowest BCUT2D eigenvalue weighted by Gasteiger charge is -2.20. The van der Waals surface area contributed by atoms with Gasteiger partial charge < -0.3 is 20.1 Å². The van der Waals surface area contributed by atoms with Crippen molar-refractivity contribution in [1.82, 2.24) is 0 Å². The highest BCUT2D eigenvalue weighted by Crippen LogP contribution is 2.43. The van der Waals surface area contributed by atoms with Crippen molar-refractivity contribution in [2.45, 2.75) is 219 Å². The van der Waals surface area contributed by atoms with E-state index < -0.39 is 13.9 Å². The van der Waals surface area contributed by atoms with E-state index in [1.54, 1.807) is 0 Å². The average Bonchev–Trinajstić information content (AvgIpc) is 3.12. The lowest BCUT2D eigenvalue weighted by molar-refractivity contribution is -0.154. The van der Waals surface area contributed by atoms with Crippen molar-refractivity contribution in [2.75, 3.05) is 33.0 Å². The molecule has 0 aliphatic carbocycles. The van der Waals surface area contributed by atoms with Gasteiger partial charge in [0.1, 0.15) is 6.10 Å².